The van der Waals surface area contributed by atoms with Crippen LogP contribution in [0.5, 0.6) is 0 Å². The Labute approximate surface area is 127 Å². The number of aromatic amines is 1. The fourth-order valence-corrected chi connectivity index (χ4v) is 3.09. The number of carbonyl (C=O) groups is 1. The molecular formula is C14H19N5O3. The van der Waals surface area contributed by atoms with Crippen LogP contribution in [-0.4, -0.2) is 57.8 Å². The van der Waals surface area contributed by atoms with Gasteiger partial charge in [-0.2, -0.15) is 0 Å². The van der Waals surface area contributed by atoms with Crippen molar-refractivity contribution in [3.8, 4) is 0 Å². The maximum atomic E-state index is 11.8. The first-order valence-electron chi connectivity index (χ1n) is 7.28. The van der Waals surface area contributed by atoms with E-state index in [4.69, 9.17) is 4.74 Å². The van der Waals surface area contributed by atoms with Crippen molar-refractivity contribution in [1.29, 1.82) is 0 Å². The number of hydrogen-bond acceptors (Lipinski definition) is 6. The molecule has 1 fully saturated rings. The van der Waals surface area contributed by atoms with E-state index in [1.165, 1.54) is 6.33 Å². The van der Waals surface area contributed by atoms with Crippen LogP contribution in [0.2, 0.25) is 0 Å². The number of anilines is 1. The van der Waals surface area contributed by atoms with E-state index >= 15 is 0 Å². The zero-order chi connectivity index (χ0) is 15.6. The number of imidazole rings is 1. The standard InChI is InChI=1S/C14H19N5O3/c1-22-6-4-14(13(20)21)3-2-5-19(7-14)12-10-11(16-8-15-10)17-9-18-12/h8-9H,2-7H2,1H3,(H,20,21)(H,15,16,17,18). The lowest BCUT2D eigenvalue weighted by atomic mass is 9.77. The summed E-state index contributed by atoms with van der Waals surface area (Å²) in [6.45, 7) is 1.62. The first-order chi connectivity index (χ1) is 10.7. The molecule has 3 rings (SSSR count). The number of aromatic nitrogens is 4. The van der Waals surface area contributed by atoms with Gasteiger partial charge in [0.05, 0.1) is 11.7 Å². The summed E-state index contributed by atoms with van der Waals surface area (Å²) >= 11 is 0. The van der Waals surface area contributed by atoms with Crippen LogP contribution in [0.15, 0.2) is 12.7 Å². The zero-order valence-electron chi connectivity index (χ0n) is 12.4. The molecule has 0 saturated carbocycles. The SMILES string of the molecule is COCCC1(C(=O)O)CCCN(c2ncnc3nc[nH]c23)C1. The van der Waals surface area contributed by atoms with Gasteiger partial charge in [0.15, 0.2) is 11.5 Å². The van der Waals surface area contributed by atoms with Gasteiger partial charge >= 0.3 is 5.97 Å². The van der Waals surface area contributed by atoms with Gasteiger partial charge in [0.2, 0.25) is 0 Å². The highest BCUT2D eigenvalue weighted by atomic mass is 16.5. The summed E-state index contributed by atoms with van der Waals surface area (Å²) < 4.78 is 5.09. The van der Waals surface area contributed by atoms with Gasteiger partial charge in [0.1, 0.15) is 11.8 Å². The van der Waals surface area contributed by atoms with Gasteiger partial charge < -0.3 is 19.7 Å². The molecule has 2 aromatic rings. The molecule has 0 spiro atoms. The molecule has 8 nitrogen and oxygen atoms in total. The Balaban J connectivity index is 1.91. The van der Waals surface area contributed by atoms with Crippen LogP contribution in [0, 0.1) is 5.41 Å². The van der Waals surface area contributed by atoms with Gasteiger partial charge in [-0.05, 0) is 19.3 Å². The lowest BCUT2D eigenvalue weighted by Crippen LogP contribution is -2.48. The average molecular weight is 305 g/mol. The van der Waals surface area contributed by atoms with Crippen LogP contribution in [-0.2, 0) is 9.53 Å². The molecule has 22 heavy (non-hydrogen) atoms. The fourth-order valence-electron chi connectivity index (χ4n) is 3.09. The summed E-state index contributed by atoms with van der Waals surface area (Å²) in [5, 5.41) is 9.72. The van der Waals surface area contributed by atoms with Crippen LogP contribution in [0.1, 0.15) is 19.3 Å². The molecule has 0 bridgehead atoms. The van der Waals surface area contributed by atoms with E-state index in [2.05, 4.69) is 19.9 Å². The molecule has 1 aliphatic heterocycles. The largest absolute Gasteiger partial charge is 0.481 e. The highest BCUT2D eigenvalue weighted by Gasteiger charge is 2.42. The van der Waals surface area contributed by atoms with Crippen LogP contribution in [0.3, 0.4) is 0 Å². The number of methoxy groups -OCH3 is 1. The third kappa shape index (κ3) is 2.50. The Morgan fingerprint density at radius 2 is 2.36 bits per heavy atom. The molecule has 8 heteroatoms. The van der Waals surface area contributed by atoms with Crippen molar-refractivity contribution in [2.24, 2.45) is 5.41 Å². The number of nitrogens with zero attached hydrogens (tertiary/aromatic N) is 4. The van der Waals surface area contributed by atoms with E-state index in [1.807, 2.05) is 4.90 Å². The number of hydrogen-bond donors (Lipinski definition) is 2. The quantitative estimate of drug-likeness (QED) is 0.851. The van der Waals surface area contributed by atoms with E-state index in [0.717, 1.165) is 18.5 Å². The van der Waals surface area contributed by atoms with Gasteiger partial charge in [0, 0.05) is 26.8 Å². The van der Waals surface area contributed by atoms with Crippen molar-refractivity contribution in [2.75, 3.05) is 31.7 Å². The molecule has 1 saturated heterocycles. The fraction of sp³-hybridized carbons (Fsp3) is 0.571. The lowest BCUT2D eigenvalue weighted by molar-refractivity contribution is -0.150. The van der Waals surface area contributed by atoms with Gasteiger partial charge in [-0.25, -0.2) is 15.0 Å². The Bertz CT molecular complexity index is 673. The molecule has 0 aliphatic carbocycles. The maximum absolute atomic E-state index is 11.8. The number of carboxylic acids is 1. The predicted molar refractivity (Wildman–Crippen MR) is 79.7 cm³/mol. The number of piperidine rings is 1. The van der Waals surface area contributed by atoms with E-state index in [-0.39, 0.29) is 0 Å². The smallest absolute Gasteiger partial charge is 0.311 e. The molecule has 2 aromatic heterocycles. The molecule has 2 N–H and O–H groups in total. The van der Waals surface area contributed by atoms with E-state index in [0.29, 0.717) is 37.5 Å². The number of rotatable bonds is 5. The minimum Gasteiger partial charge on any atom is -0.481 e. The van der Waals surface area contributed by atoms with Gasteiger partial charge in [-0.1, -0.05) is 0 Å². The molecule has 0 amide bonds. The van der Waals surface area contributed by atoms with Crippen LogP contribution < -0.4 is 4.90 Å². The number of aliphatic carboxylic acids is 1. The summed E-state index contributed by atoms with van der Waals surface area (Å²) in [5.41, 5.74) is 0.537. The first kappa shape index (κ1) is 14.7. The van der Waals surface area contributed by atoms with Crippen molar-refractivity contribution < 1.29 is 14.6 Å². The number of ether oxygens (including phenoxy) is 1. The average Bonchev–Trinajstić information content (AvgIpc) is 3.01. The minimum atomic E-state index is -0.800. The molecule has 1 atom stereocenters. The third-order valence-electron chi connectivity index (χ3n) is 4.32. The Morgan fingerprint density at radius 3 is 3.14 bits per heavy atom. The summed E-state index contributed by atoms with van der Waals surface area (Å²) in [4.78, 5) is 29.4. The summed E-state index contributed by atoms with van der Waals surface area (Å²) in [6, 6.07) is 0. The third-order valence-corrected chi connectivity index (χ3v) is 4.32. The highest BCUT2D eigenvalue weighted by molar-refractivity contribution is 5.83. The highest BCUT2D eigenvalue weighted by Crippen LogP contribution is 2.36. The summed E-state index contributed by atoms with van der Waals surface area (Å²) in [6.07, 6.45) is 4.98. The predicted octanol–water partition coefficient (Wildman–Crippen LogP) is 1.06. The number of fused-ring (bicyclic) bond motifs is 1. The number of carboxylic acid groups (broad SMARTS) is 1. The second-order valence-electron chi connectivity index (χ2n) is 5.65. The zero-order valence-corrected chi connectivity index (χ0v) is 12.4. The van der Waals surface area contributed by atoms with Gasteiger partial charge in [-0.15, -0.1) is 0 Å². The van der Waals surface area contributed by atoms with Crippen molar-refractivity contribution in [3.63, 3.8) is 0 Å². The molecule has 0 aromatic carbocycles. The van der Waals surface area contributed by atoms with Crippen LogP contribution >= 0.6 is 0 Å². The van der Waals surface area contributed by atoms with Crippen LogP contribution in [0.4, 0.5) is 5.82 Å². The van der Waals surface area contributed by atoms with E-state index < -0.39 is 11.4 Å². The second-order valence-corrected chi connectivity index (χ2v) is 5.65. The number of H-pyrrole nitrogens is 1. The van der Waals surface area contributed by atoms with Crippen molar-refractivity contribution >= 4 is 23.0 Å². The van der Waals surface area contributed by atoms with Crippen molar-refractivity contribution in [2.45, 2.75) is 19.3 Å². The minimum absolute atomic E-state index is 0.414. The molecule has 1 unspecified atom stereocenters. The lowest BCUT2D eigenvalue weighted by Gasteiger charge is -2.40. The van der Waals surface area contributed by atoms with Crippen molar-refractivity contribution in [3.05, 3.63) is 12.7 Å². The van der Waals surface area contributed by atoms with Crippen molar-refractivity contribution in [1.82, 2.24) is 19.9 Å². The molecular weight excluding hydrogens is 286 g/mol. The van der Waals surface area contributed by atoms with Gasteiger partial charge in [0.25, 0.3) is 0 Å². The van der Waals surface area contributed by atoms with Crippen LogP contribution in [0.25, 0.3) is 11.2 Å². The monoisotopic (exact) mass is 305 g/mol. The second kappa shape index (κ2) is 5.88. The molecule has 3 heterocycles. The molecule has 1 aliphatic rings. The molecule has 118 valence electrons. The van der Waals surface area contributed by atoms with Gasteiger partial charge in [-0.3, -0.25) is 4.79 Å². The summed E-state index contributed by atoms with van der Waals surface area (Å²) in [5.74, 6) is -0.0607. The summed E-state index contributed by atoms with van der Waals surface area (Å²) in [7, 11) is 1.59. The Kier molecular flexibility index (Phi) is 3.93. The van der Waals surface area contributed by atoms with E-state index in [9.17, 15) is 9.90 Å². The Morgan fingerprint density at radius 1 is 1.50 bits per heavy atom. The molecule has 0 radical (unpaired) electrons. The normalized spacial score (nSPS) is 22.1. The Hall–Kier alpha value is -2.22. The first-order valence-corrected chi connectivity index (χ1v) is 7.28. The number of nitrogens with one attached hydrogen (secondary N) is 1. The van der Waals surface area contributed by atoms with E-state index in [1.54, 1.807) is 13.4 Å². The maximum Gasteiger partial charge on any atom is 0.311 e. The topological polar surface area (TPSA) is 104 Å².